The molecule has 1 aromatic rings. The third-order valence-electron chi connectivity index (χ3n) is 3.28. The fourth-order valence-corrected chi connectivity index (χ4v) is 1.43. The third-order valence-corrected chi connectivity index (χ3v) is 3.28. The van der Waals surface area contributed by atoms with Gasteiger partial charge in [-0.1, -0.05) is 27.7 Å². The maximum absolute atomic E-state index is 13.4. The largest absolute Gasteiger partial charge is 0.294 e. The molecule has 1 aromatic carbocycles. The monoisotopic (exact) mass is 258 g/mol. The van der Waals surface area contributed by atoms with E-state index in [1.165, 1.54) is 0 Å². The summed E-state index contributed by atoms with van der Waals surface area (Å²) >= 11 is 0. The first kappa shape index (κ1) is 14.7. The van der Waals surface area contributed by atoms with Gasteiger partial charge in [0.2, 0.25) is 0 Å². The summed E-state index contributed by atoms with van der Waals surface area (Å²) < 4.78 is 39.1. The molecule has 0 heterocycles. The Balaban J connectivity index is 2.95. The van der Waals surface area contributed by atoms with Crippen LogP contribution in [0, 0.1) is 28.8 Å². The number of carbonyl (C=O) groups is 1. The van der Waals surface area contributed by atoms with Crippen LogP contribution in [0.1, 0.15) is 44.5 Å². The first-order chi connectivity index (χ1) is 8.12. The number of hydrogen-bond acceptors (Lipinski definition) is 1. The molecule has 1 atom stereocenters. The second-order valence-electron chi connectivity index (χ2n) is 5.64. The Morgan fingerprint density at radius 3 is 2.11 bits per heavy atom. The molecule has 1 nitrogen and oxygen atoms in total. The van der Waals surface area contributed by atoms with Crippen LogP contribution in [-0.2, 0) is 0 Å². The average molecular weight is 258 g/mol. The number of rotatable bonds is 3. The van der Waals surface area contributed by atoms with Crippen molar-refractivity contribution in [3.63, 3.8) is 0 Å². The molecule has 0 radical (unpaired) electrons. The predicted octanol–water partition coefficient (Wildman–Crippen LogP) is 4.36. The predicted molar refractivity (Wildman–Crippen MR) is 63.9 cm³/mol. The van der Waals surface area contributed by atoms with Crippen molar-refractivity contribution in [1.29, 1.82) is 0 Å². The fraction of sp³-hybridized carbons (Fsp3) is 0.500. The average Bonchev–Trinajstić information content (AvgIpc) is 2.21. The summed E-state index contributed by atoms with van der Waals surface area (Å²) in [4.78, 5) is 11.9. The highest BCUT2D eigenvalue weighted by molar-refractivity contribution is 5.96. The van der Waals surface area contributed by atoms with Gasteiger partial charge in [0.25, 0.3) is 0 Å². The van der Waals surface area contributed by atoms with Crippen LogP contribution in [0.5, 0.6) is 0 Å². The summed E-state index contributed by atoms with van der Waals surface area (Å²) in [6.45, 7) is 7.77. The van der Waals surface area contributed by atoms with Crippen molar-refractivity contribution in [2.24, 2.45) is 11.3 Å². The van der Waals surface area contributed by atoms with Crippen LogP contribution < -0.4 is 0 Å². The second-order valence-corrected chi connectivity index (χ2v) is 5.64. The normalized spacial score (nSPS) is 13.5. The van der Waals surface area contributed by atoms with Gasteiger partial charge < -0.3 is 0 Å². The number of hydrogen-bond donors (Lipinski definition) is 0. The van der Waals surface area contributed by atoms with E-state index in [2.05, 4.69) is 0 Å². The van der Waals surface area contributed by atoms with Gasteiger partial charge in [-0.2, -0.15) is 0 Å². The van der Waals surface area contributed by atoms with E-state index in [1.807, 2.05) is 27.7 Å². The maximum atomic E-state index is 13.4. The fourth-order valence-electron chi connectivity index (χ4n) is 1.43. The summed E-state index contributed by atoms with van der Waals surface area (Å²) in [5, 5.41) is 0. The molecule has 0 aromatic heterocycles. The molecule has 0 amide bonds. The zero-order chi connectivity index (χ0) is 14.1. The molecule has 0 aliphatic carbocycles. The van der Waals surface area contributed by atoms with E-state index in [-0.39, 0.29) is 23.3 Å². The third kappa shape index (κ3) is 3.34. The molecule has 1 unspecified atom stereocenters. The summed E-state index contributed by atoms with van der Waals surface area (Å²) in [6.07, 6.45) is 0.103. The molecule has 0 N–H and O–H groups in total. The Morgan fingerprint density at radius 1 is 1.11 bits per heavy atom. The van der Waals surface area contributed by atoms with E-state index < -0.39 is 23.2 Å². The van der Waals surface area contributed by atoms with Gasteiger partial charge in [-0.15, -0.1) is 0 Å². The van der Waals surface area contributed by atoms with Crippen LogP contribution in [0.4, 0.5) is 13.2 Å². The van der Waals surface area contributed by atoms with Crippen molar-refractivity contribution in [2.75, 3.05) is 0 Å². The maximum Gasteiger partial charge on any atom is 0.166 e. The first-order valence-corrected chi connectivity index (χ1v) is 5.80. The standard InChI is InChI=1S/C14H17F3O/c1-8(14(2,3)4)5-13(18)9-6-11(16)12(17)7-10(9)15/h6-8H,5H2,1-4H3. The topological polar surface area (TPSA) is 17.1 Å². The summed E-state index contributed by atoms with van der Waals surface area (Å²) in [7, 11) is 0. The first-order valence-electron chi connectivity index (χ1n) is 5.80. The Kier molecular flexibility index (Phi) is 4.20. The van der Waals surface area contributed by atoms with Crippen LogP contribution in [0.2, 0.25) is 0 Å². The molecule has 0 spiro atoms. The zero-order valence-corrected chi connectivity index (χ0v) is 11.0. The molecule has 4 heteroatoms. The molecule has 100 valence electrons. The van der Waals surface area contributed by atoms with Crippen molar-refractivity contribution in [2.45, 2.75) is 34.1 Å². The van der Waals surface area contributed by atoms with Crippen molar-refractivity contribution in [3.05, 3.63) is 35.1 Å². The minimum absolute atomic E-state index is 0.0116. The molecule has 0 aliphatic rings. The Hall–Kier alpha value is -1.32. The number of carbonyl (C=O) groups excluding carboxylic acids is 1. The molecule has 0 bridgehead atoms. The Bertz CT molecular complexity index is 461. The van der Waals surface area contributed by atoms with E-state index in [4.69, 9.17) is 0 Å². The zero-order valence-electron chi connectivity index (χ0n) is 11.0. The lowest BCUT2D eigenvalue weighted by Crippen LogP contribution is -2.21. The van der Waals surface area contributed by atoms with Crippen LogP contribution >= 0.6 is 0 Å². The van der Waals surface area contributed by atoms with E-state index >= 15 is 0 Å². The molecule has 0 fully saturated rings. The van der Waals surface area contributed by atoms with Gasteiger partial charge in [0.1, 0.15) is 5.82 Å². The van der Waals surface area contributed by atoms with Crippen molar-refractivity contribution in [1.82, 2.24) is 0 Å². The van der Waals surface area contributed by atoms with Crippen LogP contribution in [0.3, 0.4) is 0 Å². The van der Waals surface area contributed by atoms with Crippen LogP contribution in [0.15, 0.2) is 12.1 Å². The smallest absolute Gasteiger partial charge is 0.166 e. The molecular formula is C14H17F3O. The van der Waals surface area contributed by atoms with E-state index in [0.29, 0.717) is 12.1 Å². The lowest BCUT2D eigenvalue weighted by atomic mass is 9.78. The molecule has 0 aliphatic heterocycles. The molecule has 1 rings (SSSR count). The summed E-state index contributed by atoms with van der Waals surface area (Å²) in [6, 6.07) is 1.03. The number of halogens is 3. The SMILES string of the molecule is CC(CC(=O)c1cc(F)c(F)cc1F)C(C)(C)C. The summed E-state index contributed by atoms with van der Waals surface area (Å²) in [5.74, 6) is -4.00. The van der Waals surface area contributed by atoms with Crippen molar-refractivity contribution < 1.29 is 18.0 Å². The minimum atomic E-state index is -1.28. The van der Waals surface area contributed by atoms with E-state index in [0.717, 1.165) is 0 Å². The van der Waals surface area contributed by atoms with Gasteiger partial charge in [-0.05, 0) is 17.4 Å². The molecular weight excluding hydrogens is 241 g/mol. The second kappa shape index (κ2) is 5.12. The Morgan fingerprint density at radius 2 is 1.61 bits per heavy atom. The number of benzene rings is 1. The van der Waals surface area contributed by atoms with Crippen molar-refractivity contribution >= 4 is 5.78 Å². The molecule has 18 heavy (non-hydrogen) atoms. The quantitative estimate of drug-likeness (QED) is 0.581. The lowest BCUT2D eigenvalue weighted by Gasteiger charge is -2.26. The van der Waals surface area contributed by atoms with Gasteiger partial charge in [0, 0.05) is 12.5 Å². The van der Waals surface area contributed by atoms with Gasteiger partial charge >= 0.3 is 0 Å². The van der Waals surface area contributed by atoms with Crippen LogP contribution in [-0.4, -0.2) is 5.78 Å². The highest BCUT2D eigenvalue weighted by Gasteiger charge is 2.25. The van der Waals surface area contributed by atoms with E-state index in [9.17, 15) is 18.0 Å². The number of Topliss-reactive ketones (excluding diaryl/α,β-unsaturated/α-hetero) is 1. The number of ketones is 1. The van der Waals surface area contributed by atoms with E-state index in [1.54, 1.807) is 0 Å². The highest BCUT2D eigenvalue weighted by Crippen LogP contribution is 2.29. The lowest BCUT2D eigenvalue weighted by molar-refractivity contribution is 0.0922. The van der Waals surface area contributed by atoms with Crippen molar-refractivity contribution in [3.8, 4) is 0 Å². The van der Waals surface area contributed by atoms with Gasteiger partial charge in [0.05, 0.1) is 5.56 Å². The van der Waals surface area contributed by atoms with Gasteiger partial charge in [-0.25, -0.2) is 13.2 Å². The highest BCUT2D eigenvalue weighted by atomic mass is 19.2. The summed E-state index contributed by atoms with van der Waals surface area (Å²) in [5.41, 5.74) is -0.491. The Labute approximate surface area is 105 Å². The van der Waals surface area contributed by atoms with Crippen LogP contribution in [0.25, 0.3) is 0 Å². The molecule has 0 saturated heterocycles. The minimum Gasteiger partial charge on any atom is -0.294 e. The van der Waals surface area contributed by atoms with Gasteiger partial charge in [0.15, 0.2) is 17.4 Å². The van der Waals surface area contributed by atoms with Gasteiger partial charge in [-0.3, -0.25) is 4.79 Å². The molecule has 0 saturated carbocycles.